The van der Waals surface area contributed by atoms with Crippen molar-refractivity contribution in [3.63, 3.8) is 0 Å². The van der Waals surface area contributed by atoms with Gasteiger partial charge in [-0.05, 0) is 35.2 Å². The van der Waals surface area contributed by atoms with Crippen LogP contribution in [0.4, 0.5) is 11.5 Å². The first kappa shape index (κ1) is 13.3. The summed E-state index contributed by atoms with van der Waals surface area (Å²) in [5, 5.41) is 20.4. The smallest absolute Gasteiger partial charge is 0.312 e. The van der Waals surface area contributed by atoms with Gasteiger partial charge in [-0.2, -0.15) is 0 Å². The van der Waals surface area contributed by atoms with Crippen molar-refractivity contribution in [3.05, 3.63) is 26.9 Å². The SMILES string of the molecule is O=C(O)C1CC2CCC1N2c1ncc(Br)cc1[N+](=O)[O-]. The molecule has 0 radical (unpaired) electrons. The lowest BCUT2D eigenvalue weighted by molar-refractivity contribution is -0.384. The first-order valence-corrected chi connectivity index (χ1v) is 7.09. The first-order chi connectivity index (χ1) is 9.49. The van der Waals surface area contributed by atoms with Gasteiger partial charge in [0.2, 0.25) is 5.82 Å². The summed E-state index contributed by atoms with van der Waals surface area (Å²) in [5.74, 6) is -1.00. The van der Waals surface area contributed by atoms with E-state index in [4.69, 9.17) is 0 Å². The highest BCUT2D eigenvalue weighted by Gasteiger charge is 2.51. The van der Waals surface area contributed by atoms with Gasteiger partial charge < -0.3 is 10.0 Å². The zero-order chi connectivity index (χ0) is 14.4. The van der Waals surface area contributed by atoms with Crippen LogP contribution in [0.15, 0.2) is 16.7 Å². The molecule has 2 bridgehead atoms. The van der Waals surface area contributed by atoms with Gasteiger partial charge in [0.25, 0.3) is 0 Å². The quantitative estimate of drug-likeness (QED) is 0.668. The summed E-state index contributed by atoms with van der Waals surface area (Å²) in [6, 6.07) is 1.26. The first-order valence-electron chi connectivity index (χ1n) is 6.30. The minimum absolute atomic E-state index is 0.0356. The zero-order valence-corrected chi connectivity index (χ0v) is 12.0. The van der Waals surface area contributed by atoms with E-state index in [1.54, 1.807) is 0 Å². The minimum Gasteiger partial charge on any atom is -0.481 e. The van der Waals surface area contributed by atoms with Crippen molar-refractivity contribution in [2.45, 2.75) is 31.3 Å². The Hall–Kier alpha value is -1.70. The van der Waals surface area contributed by atoms with E-state index < -0.39 is 16.8 Å². The van der Waals surface area contributed by atoms with Gasteiger partial charge in [0.15, 0.2) is 0 Å². The Labute approximate surface area is 122 Å². The van der Waals surface area contributed by atoms with E-state index in [1.165, 1.54) is 12.3 Å². The highest BCUT2D eigenvalue weighted by atomic mass is 79.9. The van der Waals surface area contributed by atoms with E-state index in [1.807, 2.05) is 4.90 Å². The monoisotopic (exact) mass is 341 g/mol. The third-order valence-electron chi connectivity index (χ3n) is 4.11. The molecule has 0 spiro atoms. The van der Waals surface area contributed by atoms with Gasteiger partial charge >= 0.3 is 11.7 Å². The Morgan fingerprint density at radius 3 is 2.90 bits per heavy atom. The average molecular weight is 342 g/mol. The Balaban J connectivity index is 2.02. The molecule has 3 rings (SSSR count). The maximum Gasteiger partial charge on any atom is 0.312 e. The number of rotatable bonds is 3. The van der Waals surface area contributed by atoms with Crippen LogP contribution in [0.25, 0.3) is 0 Å². The molecule has 7 nitrogen and oxygen atoms in total. The number of pyridine rings is 1. The third kappa shape index (κ3) is 1.94. The standard InChI is InChI=1S/C12H12BrN3O4/c13-6-3-10(16(19)20)11(14-5-6)15-7-1-2-9(15)8(4-7)12(17)18/h3,5,7-9H,1-2,4H2,(H,17,18). The number of aromatic nitrogens is 1. The molecule has 2 aliphatic heterocycles. The number of carbonyl (C=O) groups is 1. The Kier molecular flexibility index (Phi) is 3.12. The van der Waals surface area contributed by atoms with Crippen molar-refractivity contribution < 1.29 is 14.8 Å². The third-order valence-corrected chi connectivity index (χ3v) is 4.54. The zero-order valence-electron chi connectivity index (χ0n) is 10.4. The van der Waals surface area contributed by atoms with Crippen molar-refractivity contribution in [1.82, 2.24) is 4.98 Å². The van der Waals surface area contributed by atoms with Gasteiger partial charge in [0.05, 0.1) is 10.8 Å². The Bertz CT molecular complexity index is 594. The van der Waals surface area contributed by atoms with Crippen LogP contribution >= 0.6 is 15.9 Å². The van der Waals surface area contributed by atoms with Gasteiger partial charge in [-0.3, -0.25) is 14.9 Å². The summed E-state index contributed by atoms with van der Waals surface area (Å²) in [4.78, 5) is 28.0. The predicted molar refractivity (Wildman–Crippen MR) is 73.6 cm³/mol. The lowest BCUT2D eigenvalue weighted by atomic mass is 9.89. The van der Waals surface area contributed by atoms with E-state index >= 15 is 0 Å². The van der Waals surface area contributed by atoms with Crippen LogP contribution in [0.3, 0.4) is 0 Å². The molecule has 0 aromatic carbocycles. The van der Waals surface area contributed by atoms with Crippen molar-refractivity contribution in [2.75, 3.05) is 4.90 Å². The van der Waals surface area contributed by atoms with E-state index in [-0.39, 0.29) is 23.6 Å². The second kappa shape index (κ2) is 4.69. The molecular weight excluding hydrogens is 330 g/mol. The van der Waals surface area contributed by atoms with Crippen molar-refractivity contribution in [2.24, 2.45) is 5.92 Å². The molecule has 8 heteroatoms. The fourth-order valence-electron chi connectivity index (χ4n) is 3.34. The number of carboxylic acid groups (broad SMARTS) is 1. The van der Waals surface area contributed by atoms with E-state index in [0.29, 0.717) is 10.9 Å². The van der Waals surface area contributed by atoms with Crippen LogP contribution in [-0.2, 0) is 4.79 Å². The normalized spacial score (nSPS) is 27.9. The van der Waals surface area contributed by atoms with Gasteiger partial charge in [-0.15, -0.1) is 0 Å². The molecule has 0 saturated carbocycles. The Morgan fingerprint density at radius 2 is 2.30 bits per heavy atom. The summed E-state index contributed by atoms with van der Waals surface area (Å²) in [6.07, 6.45) is 3.66. The second-order valence-corrected chi connectivity index (χ2v) is 6.06. The molecular formula is C12H12BrN3O4. The molecule has 20 heavy (non-hydrogen) atoms. The van der Waals surface area contributed by atoms with Crippen LogP contribution < -0.4 is 4.90 Å². The number of hydrogen-bond donors (Lipinski definition) is 1. The molecule has 2 saturated heterocycles. The topological polar surface area (TPSA) is 96.6 Å². The van der Waals surface area contributed by atoms with Crippen LogP contribution in [0.5, 0.6) is 0 Å². The molecule has 3 unspecified atom stereocenters. The van der Waals surface area contributed by atoms with Gasteiger partial charge in [-0.1, -0.05) is 0 Å². The van der Waals surface area contributed by atoms with Crippen molar-refractivity contribution in [3.8, 4) is 0 Å². The summed E-state index contributed by atoms with van der Waals surface area (Å²) < 4.78 is 0.536. The molecule has 1 aromatic heterocycles. The van der Waals surface area contributed by atoms with Gasteiger partial charge in [0.1, 0.15) is 0 Å². The largest absolute Gasteiger partial charge is 0.481 e. The number of halogens is 1. The van der Waals surface area contributed by atoms with Gasteiger partial charge in [0, 0.05) is 28.8 Å². The fourth-order valence-corrected chi connectivity index (χ4v) is 3.66. The van der Waals surface area contributed by atoms with Gasteiger partial charge in [-0.25, -0.2) is 4.98 Å². The van der Waals surface area contributed by atoms with Crippen molar-refractivity contribution >= 4 is 33.4 Å². The molecule has 3 atom stereocenters. The number of nitro groups is 1. The molecule has 0 aliphatic carbocycles. The highest BCUT2D eigenvalue weighted by molar-refractivity contribution is 9.10. The van der Waals surface area contributed by atoms with Crippen LogP contribution in [0, 0.1) is 16.0 Å². The summed E-state index contributed by atoms with van der Waals surface area (Å²) in [6.45, 7) is 0. The molecule has 1 aromatic rings. The predicted octanol–water partition coefficient (Wildman–Crippen LogP) is 2.19. The average Bonchev–Trinajstić information content (AvgIpc) is 2.96. The number of aliphatic carboxylic acids is 1. The van der Waals surface area contributed by atoms with E-state index in [9.17, 15) is 20.0 Å². The molecule has 106 valence electrons. The van der Waals surface area contributed by atoms with E-state index in [0.717, 1.165) is 12.8 Å². The number of nitrogens with zero attached hydrogens (tertiary/aromatic N) is 3. The summed E-state index contributed by atoms with van der Waals surface area (Å²) in [7, 11) is 0. The molecule has 2 fully saturated rings. The maximum absolute atomic E-state index is 11.3. The lowest BCUT2D eigenvalue weighted by Gasteiger charge is -2.23. The molecule has 1 N–H and O–H groups in total. The van der Waals surface area contributed by atoms with Crippen LogP contribution in [-0.4, -0.2) is 33.1 Å². The number of anilines is 1. The molecule has 0 amide bonds. The molecule has 3 heterocycles. The Morgan fingerprint density at radius 1 is 1.55 bits per heavy atom. The summed E-state index contributed by atoms with van der Waals surface area (Å²) in [5.41, 5.74) is -0.0812. The van der Waals surface area contributed by atoms with Crippen LogP contribution in [0.2, 0.25) is 0 Å². The minimum atomic E-state index is -0.832. The second-order valence-electron chi connectivity index (χ2n) is 5.14. The van der Waals surface area contributed by atoms with Crippen molar-refractivity contribution in [1.29, 1.82) is 0 Å². The fraction of sp³-hybridized carbons (Fsp3) is 0.500. The van der Waals surface area contributed by atoms with Crippen LogP contribution in [0.1, 0.15) is 19.3 Å². The lowest BCUT2D eigenvalue weighted by Crippen LogP contribution is -2.33. The molecule has 2 aliphatic rings. The maximum atomic E-state index is 11.3. The summed E-state index contributed by atoms with van der Waals surface area (Å²) >= 11 is 3.17. The number of hydrogen-bond acceptors (Lipinski definition) is 5. The van der Waals surface area contributed by atoms with E-state index in [2.05, 4.69) is 20.9 Å². The highest BCUT2D eigenvalue weighted by Crippen LogP contribution is 2.46. The number of fused-ring (bicyclic) bond motifs is 2. The number of carboxylic acids is 1.